The van der Waals surface area contributed by atoms with Gasteiger partial charge < -0.3 is 4.90 Å². The zero-order valence-electron chi connectivity index (χ0n) is 14.5. The summed E-state index contributed by atoms with van der Waals surface area (Å²) in [5.41, 5.74) is 2.45. The second-order valence-electron chi connectivity index (χ2n) is 6.60. The van der Waals surface area contributed by atoms with Gasteiger partial charge in [0.2, 0.25) is 0 Å². The molecule has 1 aromatic heterocycles. The summed E-state index contributed by atoms with van der Waals surface area (Å²) in [6, 6.07) is 13.8. The van der Waals surface area contributed by atoms with Gasteiger partial charge in [-0.1, -0.05) is 31.4 Å². The van der Waals surface area contributed by atoms with Crippen molar-refractivity contribution in [1.82, 2.24) is 4.57 Å². The summed E-state index contributed by atoms with van der Waals surface area (Å²) in [7, 11) is 3.95. The highest BCUT2D eigenvalue weighted by atomic mass is 16.2. The molecule has 1 saturated carbocycles. The largest absolute Gasteiger partial charge is 0.378 e. The van der Waals surface area contributed by atoms with Crippen LogP contribution in [0.2, 0.25) is 0 Å². The number of benzene rings is 1. The van der Waals surface area contributed by atoms with Gasteiger partial charge in [-0.15, -0.1) is 0 Å². The van der Waals surface area contributed by atoms with E-state index in [4.69, 9.17) is 4.99 Å². The van der Waals surface area contributed by atoms with Crippen molar-refractivity contribution in [2.45, 2.75) is 38.1 Å². The van der Waals surface area contributed by atoms with E-state index in [0.717, 1.165) is 24.0 Å². The zero-order chi connectivity index (χ0) is 16.9. The van der Waals surface area contributed by atoms with Crippen molar-refractivity contribution in [2.75, 3.05) is 19.0 Å². The third-order valence-corrected chi connectivity index (χ3v) is 4.56. The fourth-order valence-electron chi connectivity index (χ4n) is 3.16. The van der Waals surface area contributed by atoms with Crippen molar-refractivity contribution in [2.24, 2.45) is 4.99 Å². The molecule has 1 aliphatic carbocycles. The van der Waals surface area contributed by atoms with Crippen molar-refractivity contribution < 1.29 is 4.79 Å². The minimum absolute atomic E-state index is 0.0335. The Balaban J connectivity index is 1.96. The summed E-state index contributed by atoms with van der Waals surface area (Å²) in [6.07, 6.45) is 7.83. The molecule has 126 valence electrons. The summed E-state index contributed by atoms with van der Waals surface area (Å²) < 4.78 is 1.67. The van der Waals surface area contributed by atoms with Crippen molar-refractivity contribution in [3.05, 3.63) is 59.7 Å². The molecular formula is C20H25N3O. The molecule has 0 radical (unpaired) electrons. The van der Waals surface area contributed by atoms with Crippen LogP contribution in [0.5, 0.6) is 0 Å². The first-order valence-corrected chi connectivity index (χ1v) is 8.69. The molecule has 0 bridgehead atoms. The van der Waals surface area contributed by atoms with E-state index in [1.807, 2.05) is 67.7 Å². The fourth-order valence-corrected chi connectivity index (χ4v) is 3.16. The van der Waals surface area contributed by atoms with Gasteiger partial charge in [0.05, 0.1) is 6.04 Å². The maximum atomic E-state index is 13.0. The molecular weight excluding hydrogens is 298 g/mol. The Kier molecular flexibility index (Phi) is 5.14. The number of carbonyl (C=O) groups excluding carboxylic acids is 1. The molecule has 0 spiro atoms. The number of carbonyl (C=O) groups is 1. The second kappa shape index (κ2) is 7.47. The van der Waals surface area contributed by atoms with Crippen LogP contribution in [0.4, 0.5) is 5.69 Å². The molecule has 0 N–H and O–H groups in total. The Morgan fingerprint density at radius 2 is 1.88 bits per heavy atom. The van der Waals surface area contributed by atoms with Crippen LogP contribution in [0.1, 0.15) is 42.5 Å². The second-order valence-corrected chi connectivity index (χ2v) is 6.60. The molecule has 0 aliphatic heterocycles. The van der Waals surface area contributed by atoms with Crippen LogP contribution in [0, 0.1) is 0 Å². The van der Waals surface area contributed by atoms with Gasteiger partial charge in [-0.25, -0.2) is 0 Å². The van der Waals surface area contributed by atoms with Gasteiger partial charge in [-0.2, -0.15) is 0 Å². The van der Waals surface area contributed by atoms with Gasteiger partial charge in [-0.05, 0) is 43.2 Å². The molecule has 3 rings (SSSR count). The number of anilines is 1. The van der Waals surface area contributed by atoms with Crippen LogP contribution in [0.3, 0.4) is 0 Å². The number of aromatic nitrogens is 1. The summed E-state index contributed by atoms with van der Waals surface area (Å²) in [5.74, 6) is -0.0335. The number of hydrogen-bond donors (Lipinski definition) is 0. The number of pyridine rings is 1. The first-order valence-electron chi connectivity index (χ1n) is 8.69. The number of rotatable bonds is 3. The SMILES string of the molecule is CN(C)c1cccc(C(=O)n2ccccc2=NC2CCCCC2)c1. The molecule has 0 unspecified atom stereocenters. The maximum Gasteiger partial charge on any atom is 0.263 e. The minimum Gasteiger partial charge on any atom is -0.378 e. The lowest BCUT2D eigenvalue weighted by atomic mass is 9.96. The maximum absolute atomic E-state index is 13.0. The van der Waals surface area contributed by atoms with Crippen LogP contribution in [-0.2, 0) is 0 Å². The first-order chi connectivity index (χ1) is 11.6. The van der Waals surface area contributed by atoms with E-state index in [1.165, 1.54) is 19.3 Å². The van der Waals surface area contributed by atoms with E-state index in [2.05, 4.69) is 0 Å². The molecule has 0 atom stereocenters. The van der Waals surface area contributed by atoms with Crippen LogP contribution in [0.15, 0.2) is 53.7 Å². The standard InChI is InChI=1S/C20H25N3O/c1-22(2)18-12-8-9-16(15-18)20(24)23-14-7-6-13-19(23)21-17-10-4-3-5-11-17/h6-9,12-15,17H,3-5,10-11H2,1-2H3. The highest BCUT2D eigenvalue weighted by molar-refractivity contribution is 5.96. The topological polar surface area (TPSA) is 37.6 Å². The molecule has 0 amide bonds. The Bertz CT molecular complexity index is 770. The Morgan fingerprint density at radius 1 is 1.08 bits per heavy atom. The van der Waals surface area contributed by atoms with Crippen molar-refractivity contribution in [3.8, 4) is 0 Å². The van der Waals surface area contributed by atoms with Gasteiger partial charge >= 0.3 is 0 Å². The molecule has 4 heteroatoms. The van der Waals surface area contributed by atoms with Gasteiger partial charge in [0.1, 0.15) is 5.49 Å². The third kappa shape index (κ3) is 3.75. The normalized spacial score (nSPS) is 16.2. The highest BCUT2D eigenvalue weighted by Crippen LogP contribution is 2.19. The molecule has 1 fully saturated rings. The van der Waals surface area contributed by atoms with E-state index in [-0.39, 0.29) is 5.91 Å². The molecule has 1 aliphatic rings. The molecule has 24 heavy (non-hydrogen) atoms. The van der Waals surface area contributed by atoms with Gasteiger partial charge in [0.25, 0.3) is 5.91 Å². The summed E-state index contributed by atoms with van der Waals surface area (Å²) >= 11 is 0. The average molecular weight is 323 g/mol. The lowest BCUT2D eigenvalue weighted by molar-refractivity contribution is 0.0954. The van der Waals surface area contributed by atoms with Crippen LogP contribution < -0.4 is 10.4 Å². The van der Waals surface area contributed by atoms with Crippen LogP contribution in [-0.4, -0.2) is 30.6 Å². The minimum atomic E-state index is -0.0335. The molecule has 0 saturated heterocycles. The predicted molar refractivity (Wildman–Crippen MR) is 97.4 cm³/mol. The lowest BCUT2D eigenvalue weighted by Gasteiger charge is -2.18. The third-order valence-electron chi connectivity index (χ3n) is 4.56. The number of hydrogen-bond acceptors (Lipinski definition) is 3. The van der Waals surface area contributed by atoms with Gasteiger partial charge in [-0.3, -0.25) is 14.4 Å². The Morgan fingerprint density at radius 3 is 2.62 bits per heavy atom. The monoisotopic (exact) mass is 323 g/mol. The summed E-state index contributed by atoms with van der Waals surface area (Å²) in [4.78, 5) is 19.8. The summed E-state index contributed by atoms with van der Waals surface area (Å²) in [5, 5.41) is 0. The van der Waals surface area contributed by atoms with Crippen LogP contribution >= 0.6 is 0 Å². The molecule has 2 aromatic rings. The lowest BCUT2D eigenvalue weighted by Crippen LogP contribution is -2.29. The van der Waals surface area contributed by atoms with E-state index in [1.54, 1.807) is 4.57 Å². The smallest absolute Gasteiger partial charge is 0.263 e. The van der Waals surface area contributed by atoms with E-state index in [0.29, 0.717) is 11.6 Å². The van der Waals surface area contributed by atoms with Gasteiger partial charge in [0.15, 0.2) is 0 Å². The first kappa shape index (κ1) is 16.5. The molecule has 1 heterocycles. The van der Waals surface area contributed by atoms with E-state index in [9.17, 15) is 4.79 Å². The van der Waals surface area contributed by atoms with Crippen LogP contribution in [0.25, 0.3) is 0 Å². The predicted octanol–water partition coefficient (Wildman–Crippen LogP) is 3.48. The molecule has 1 aromatic carbocycles. The van der Waals surface area contributed by atoms with Gasteiger partial charge in [0, 0.05) is 31.5 Å². The number of nitrogens with zero attached hydrogens (tertiary/aromatic N) is 3. The average Bonchev–Trinajstić information content (AvgIpc) is 2.62. The Hall–Kier alpha value is -2.36. The van der Waals surface area contributed by atoms with Crippen molar-refractivity contribution in [3.63, 3.8) is 0 Å². The van der Waals surface area contributed by atoms with E-state index < -0.39 is 0 Å². The quantitative estimate of drug-likeness (QED) is 0.867. The van der Waals surface area contributed by atoms with Crippen molar-refractivity contribution in [1.29, 1.82) is 0 Å². The molecule has 4 nitrogen and oxygen atoms in total. The van der Waals surface area contributed by atoms with E-state index >= 15 is 0 Å². The Labute approximate surface area is 143 Å². The zero-order valence-corrected chi connectivity index (χ0v) is 14.5. The summed E-state index contributed by atoms with van der Waals surface area (Å²) in [6.45, 7) is 0. The fraction of sp³-hybridized carbons (Fsp3) is 0.400. The highest BCUT2D eigenvalue weighted by Gasteiger charge is 2.14. The van der Waals surface area contributed by atoms with Crippen molar-refractivity contribution >= 4 is 11.6 Å².